The highest BCUT2D eigenvalue weighted by atomic mass is 32.2. The molecule has 0 spiro atoms. The van der Waals surface area contributed by atoms with Gasteiger partial charge in [0.2, 0.25) is 0 Å². The van der Waals surface area contributed by atoms with Crippen molar-refractivity contribution in [1.82, 2.24) is 5.32 Å². The summed E-state index contributed by atoms with van der Waals surface area (Å²) >= 11 is 1.72. The Balaban J connectivity index is 2.81. The van der Waals surface area contributed by atoms with Crippen molar-refractivity contribution >= 4 is 17.7 Å². The van der Waals surface area contributed by atoms with Gasteiger partial charge in [0, 0.05) is 11.3 Å². The zero-order valence-electron chi connectivity index (χ0n) is 11.6. The number of amides is 1. The third kappa shape index (κ3) is 3.56. The van der Waals surface area contributed by atoms with Crippen LogP contribution in [0.2, 0.25) is 0 Å². The van der Waals surface area contributed by atoms with Crippen molar-refractivity contribution in [2.45, 2.75) is 31.4 Å². The van der Waals surface area contributed by atoms with Gasteiger partial charge in [0.25, 0.3) is 5.91 Å². The lowest BCUT2D eigenvalue weighted by molar-refractivity contribution is 0.0943. The van der Waals surface area contributed by atoms with Crippen LogP contribution >= 0.6 is 11.8 Å². The Bertz CT molecular complexity index is 416. The van der Waals surface area contributed by atoms with Gasteiger partial charge in [-0.05, 0) is 31.2 Å². The van der Waals surface area contributed by atoms with Crippen molar-refractivity contribution in [3.05, 3.63) is 23.8 Å². The number of aromatic hydroxyl groups is 2. The van der Waals surface area contributed by atoms with Gasteiger partial charge in [-0.3, -0.25) is 4.79 Å². The van der Waals surface area contributed by atoms with Crippen molar-refractivity contribution in [3.8, 4) is 11.5 Å². The van der Waals surface area contributed by atoms with E-state index in [9.17, 15) is 15.0 Å². The van der Waals surface area contributed by atoms with Crippen LogP contribution < -0.4 is 5.32 Å². The van der Waals surface area contributed by atoms with Crippen molar-refractivity contribution in [2.75, 3.05) is 12.8 Å². The molecule has 0 saturated carbocycles. The van der Waals surface area contributed by atoms with E-state index in [1.165, 1.54) is 18.2 Å². The quantitative estimate of drug-likeness (QED) is 0.751. The van der Waals surface area contributed by atoms with E-state index in [0.29, 0.717) is 6.54 Å². The number of hydrogen-bond acceptors (Lipinski definition) is 4. The minimum atomic E-state index is -0.448. The first-order valence-electron chi connectivity index (χ1n) is 6.34. The van der Waals surface area contributed by atoms with E-state index in [-0.39, 0.29) is 21.8 Å². The number of thioether (sulfide) groups is 1. The Labute approximate surface area is 118 Å². The van der Waals surface area contributed by atoms with Crippen molar-refractivity contribution in [1.29, 1.82) is 0 Å². The second kappa shape index (κ2) is 6.70. The van der Waals surface area contributed by atoms with Crippen molar-refractivity contribution < 1.29 is 15.0 Å². The van der Waals surface area contributed by atoms with E-state index >= 15 is 0 Å². The molecule has 0 atom stereocenters. The minimum absolute atomic E-state index is 0.00429. The van der Waals surface area contributed by atoms with Gasteiger partial charge in [0.15, 0.2) is 0 Å². The van der Waals surface area contributed by atoms with Crippen molar-refractivity contribution in [2.24, 2.45) is 0 Å². The first-order valence-corrected chi connectivity index (χ1v) is 7.56. The number of carbonyl (C=O) groups is 1. The molecule has 3 N–H and O–H groups in total. The lowest BCUT2D eigenvalue weighted by Crippen LogP contribution is -2.39. The van der Waals surface area contributed by atoms with Crippen LogP contribution in [0.4, 0.5) is 0 Å². The number of carbonyl (C=O) groups excluding carboxylic acids is 1. The molecule has 1 amide bonds. The highest BCUT2D eigenvalue weighted by Gasteiger charge is 2.26. The third-order valence-corrected chi connectivity index (χ3v) is 5.13. The molecule has 0 aliphatic heterocycles. The van der Waals surface area contributed by atoms with Crippen LogP contribution in [0.3, 0.4) is 0 Å². The van der Waals surface area contributed by atoms with Gasteiger partial charge in [-0.2, -0.15) is 11.8 Å². The maximum absolute atomic E-state index is 12.0. The summed E-state index contributed by atoms with van der Waals surface area (Å²) in [5.41, 5.74) is -0.0651. The normalized spacial score (nSPS) is 11.3. The van der Waals surface area contributed by atoms with Gasteiger partial charge < -0.3 is 15.5 Å². The Hall–Kier alpha value is -1.36. The second-order valence-corrected chi connectivity index (χ2v) is 5.72. The molecule has 0 radical (unpaired) electrons. The molecule has 0 aliphatic rings. The molecule has 1 aromatic rings. The van der Waals surface area contributed by atoms with E-state index in [0.717, 1.165) is 12.8 Å². The molecule has 106 valence electrons. The summed E-state index contributed by atoms with van der Waals surface area (Å²) in [6.07, 6.45) is 3.91. The summed E-state index contributed by atoms with van der Waals surface area (Å²) in [6.45, 7) is 4.68. The number of benzene rings is 1. The first kappa shape index (κ1) is 15.7. The molecule has 1 aromatic carbocycles. The van der Waals surface area contributed by atoms with Crippen molar-refractivity contribution in [3.63, 3.8) is 0 Å². The monoisotopic (exact) mass is 283 g/mol. The zero-order valence-corrected chi connectivity index (χ0v) is 12.4. The molecule has 0 saturated heterocycles. The fourth-order valence-corrected chi connectivity index (χ4v) is 2.75. The highest BCUT2D eigenvalue weighted by Crippen LogP contribution is 2.30. The molecule has 1 rings (SSSR count). The SMILES string of the molecule is CCC(CC)(CNC(=O)c1c(O)cccc1O)SC. The van der Waals surface area contributed by atoms with Gasteiger partial charge in [0.1, 0.15) is 17.1 Å². The molecule has 4 nitrogen and oxygen atoms in total. The van der Waals surface area contributed by atoms with Crippen LogP contribution in [-0.4, -0.2) is 33.7 Å². The van der Waals surface area contributed by atoms with Crippen LogP contribution in [0.5, 0.6) is 11.5 Å². The number of nitrogens with one attached hydrogen (secondary N) is 1. The summed E-state index contributed by atoms with van der Waals surface area (Å²) in [6, 6.07) is 4.26. The standard InChI is InChI=1S/C14H21NO3S/c1-4-14(5-2,19-3)9-15-13(18)12-10(16)7-6-8-11(12)17/h6-8,16-17H,4-5,9H2,1-3H3,(H,15,18). The second-order valence-electron chi connectivity index (χ2n) is 4.45. The Morgan fingerprint density at radius 2 is 1.79 bits per heavy atom. The Kier molecular flexibility index (Phi) is 5.54. The predicted molar refractivity (Wildman–Crippen MR) is 78.9 cm³/mol. The summed E-state index contributed by atoms with van der Waals surface area (Å²) < 4.78 is -0.00429. The Morgan fingerprint density at radius 3 is 2.21 bits per heavy atom. The van der Waals surface area contributed by atoms with E-state index in [4.69, 9.17) is 0 Å². The number of phenols is 2. The van der Waals surface area contributed by atoms with Gasteiger partial charge in [-0.25, -0.2) is 0 Å². The highest BCUT2D eigenvalue weighted by molar-refractivity contribution is 8.00. The lowest BCUT2D eigenvalue weighted by Gasteiger charge is -2.29. The van der Waals surface area contributed by atoms with E-state index in [1.807, 2.05) is 6.26 Å². The summed E-state index contributed by atoms with van der Waals surface area (Å²) in [4.78, 5) is 12.0. The van der Waals surface area contributed by atoms with Crippen LogP contribution in [0.25, 0.3) is 0 Å². The van der Waals surface area contributed by atoms with Gasteiger partial charge in [-0.15, -0.1) is 0 Å². The molecule has 0 bridgehead atoms. The molecular weight excluding hydrogens is 262 g/mol. The summed E-state index contributed by atoms with van der Waals surface area (Å²) in [7, 11) is 0. The van der Waals surface area contributed by atoms with Gasteiger partial charge in [-0.1, -0.05) is 19.9 Å². The topological polar surface area (TPSA) is 69.6 Å². The maximum atomic E-state index is 12.0. The molecular formula is C14H21NO3S. The smallest absolute Gasteiger partial charge is 0.258 e. The van der Waals surface area contributed by atoms with Crippen LogP contribution in [0, 0.1) is 0 Å². The molecule has 5 heteroatoms. The van der Waals surface area contributed by atoms with E-state index in [1.54, 1.807) is 11.8 Å². The van der Waals surface area contributed by atoms with Gasteiger partial charge >= 0.3 is 0 Å². The molecule has 0 unspecified atom stereocenters. The Morgan fingerprint density at radius 1 is 1.26 bits per heavy atom. The fourth-order valence-electron chi connectivity index (χ4n) is 1.95. The number of rotatable bonds is 6. The zero-order chi connectivity index (χ0) is 14.5. The lowest BCUT2D eigenvalue weighted by atomic mass is 10.0. The van der Waals surface area contributed by atoms with E-state index in [2.05, 4.69) is 19.2 Å². The van der Waals surface area contributed by atoms with Crippen LogP contribution in [0.15, 0.2) is 18.2 Å². The largest absolute Gasteiger partial charge is 0.507 e. The predicted octanol–water partition coefficient (Wildman–Crippen LogP) is 2.75. The average molecular weight is 283 g/mol. The average Bonchev–Trinajstić information content (AvgIpc) is 2.41. The van der Waals surface area contributed by atoms with Gasteiger partial charge in [0.05, 0.1) is 0 Å². The molecule has 0 fully saturated rings. The number of hydrogen-bond donors (Lipinski definition) is 3. The third-order valence-electron chi connectivity index (χ3n) is 3.54. The summed E-state index contributed by atoms with van der Waals surface area (Å²) in [5, 5.41) is 22.1. The molecule has 0 heterocycles. The molecule has 0 aliphatic carbocycles. The fraction of sp³-hybridized carbons (Fsp3) is 0.500. The first-order chi connectivity index (χ1) is 8.99. The van der Waals surface area contributed by atoms with Crippen LogP contribution in [0.1, 0.15) is 37.0 Å². The molecule has 19 heavy (non-hydrogen) atoms. The summed E-state index contributed by atoms with van der Waals surface area (Å²) in [5.74, 6) is -0.864. The van der Waals surface area contributed by atoms with E-state index < -0.39 is 5.91 Å². The number of phenolic OH excluding ortho intramolecular Hbond substituents is 2. The maximum Gasteiger partial charge on any atom is 0.258 e. The van der Waals surface area contributed by atoms with Crippen LogP contribution in [-0.2, 0) is 0 Å². The minimum Gasteiger partial charge on any atom is -0.507 e. The molecule has 0 aromatic heterocycles.